The van der Waals surface area contributed by atoms with Gasteiger partial charge in [0.25, 0.3) is 11.8 Å². The van der Waals surface area contributed by atoms with Gasteiger partial charge in [-0.3, -0.25) is 9.59 Å². The molecular weight excluding hydrogens is 434 g/mol. The van der Waals surface area contributed by atoms with Gasteiger partial charge in [0.2, 0.25) is 6.79 Å². The molecule has 0 aromatic heterocycles. The maximum absolute atomic E-state index is 14.0. The summed E-state index contributed by atoms with van der Waals surface area (Å²) in [7, 11) is 2.90. The Hall–Kier alpha value is -2.05. The summed E-state index contributed by atoms with van der Waals surface area (Å²) in [6.45, 7) is 6.67. The van der Waals surface area contributed by atoms with Gasteiger partial charge < -0.3 is 19.3 Å². The molecule has 166 valence electrons. The van der Waals surface area contributed by atoms with E-state index in [0.717, 1.165) is 18.4 Å². The number of carbonyl (C=O) groups is 2. The molecule has 3 atom stereocenters. The first-order chi connectivity index (χ1) is 14.9. The van der Waals surface area contributed by atoms with E-state index in [2.05, 4.69) is 13.0 Å². The highest BCUT2D eigenvalue weighted by molar-refractivity contribution is 8.78. The zero-order valence-corrected chi connectivity index (χ0v) is 19.7. The molecule has 5 rings (SSSR count). The summed E-state index contributed by atoms with van der Waals surface area (Å²) in [5.74, 6) is 1.22. The minimum atomic E-state index is -1.08. The second-order valence-corrected chi connectivity index (χ2v) is 10.9. The molecule has 4 heterocycles. The van der Waals surface area contributed by atoms with E-state index in [9.17, 15) is 14.9 Å². The maximum atomic E-state index is 14.0. The molecule has 0 N–H and O–H groups in total. The Balaban J connectivity index is 1.78. The van der Waals surface area contributed by atoms with E-state index in [1.54, 1.807) is 9.80 Å². The van der Waals surface area contributed by atoms with Crippen LogP contribution in [0.25, 0.3) is 0 Å². The van der Waals surface area contributed by atoms with E-state index in [0.29, 0.717) is 30.9 Å². The second kappa shape index (κ2) is 8.47. The van der Waals surface area contributed by atoms with Gasteiger partial charge in [-0.2, -0.15) is 5.26 Å². The molecule has 1 aromatic rings. The standard InChI is InChI=1S/C22H27N3O4S2/c1-4-6-12-24-20(27)22(10-7-11-23)25(19(26)21(24,3)30-31-22)16(5-2)15-8-9-17-18(13-15)29-14-28-17/h8-9,13,16H,4-7,10,12,14H2,1-3H3/t16-,21?,22?/m1/s1. The van der Waals surface area contributed by atoms with Gasteiger partial charge >= 0.3 is 0 Å². The zero-order chi connectivity index (χ0) is 22.2. The molecule has 31 heavy (non-hydrogen) atoms. The molecule has 4 aliphatic heterocycles. The first kappa shape index (κ1) is 22.2. The number of benzene rings is 1. The number of carbonyl (C=O) groups excluding carboxylic acids is 2. The van der Waals surface area contributed by atoms with E-state index >= 15 is 0 Å². The van der Waals surface area contributed by atoms with Crippen molar-refractivity contribution in [1.82, 2.24) is 9.80 Å². The summed E-state index contributed by atoms with van der Waals surface area (Å²) in [5.41, 5.74) is 0.908. The van der Waals surface area contributed by atoms with Crippen LogP contribution in [-0.2, 0) is 9.59 Å². The van der Waals surface area contributed by atoms with Gasteiger partial charge in [-0.05, 0) is 37.5 Å². The molecule has 3 saturated heterocycles. The average molecular weight is 462 g/mol. The maximum Gasteiger partial charge on any atom is 0.261 e. The zero-order valence-electron chi connectivity index (χ0n) is 18.1. The Labute approximate surface area is 190 Å². The van der Waals surface area contributed by atoms with Gasteiger partial charge in [-0.15, -0.1) is 0 Å². The smallest absolute Gasteiger partial charge is 0.261 e. The Bertz CT molecular complexity index is 936. The molecule has 3 fully saturated rings. The number of nitriles is 1. The lowest BCUT2D eigenvalue weighted by Gasteiger charge is -2.61. The highest BCUT2D eigenvalue weighted by atomic mass is 33.1. The van der Waals surface area contributed by atoms with Crippen molar-refractivity contribution in [3.63, 3.8) is 0 Å². The molecular formula is C22H27N3O4S2. The largest absolute Gasteiger partial charge is 0.454 e. The molecule has 0 radical (unpaired) electrons. The normalized spacial score (nSPS) is 27.5. The highest BCUT2D eigenvalue weighted by Crippen LogP contribution is 2.62. The van der Waals surface area contributed by atoms with Crippen molar-refractivity contribution in [1.29, 1.82) is 5.26 Å². The summed E-state index contributed by atoms with van der Waals surface area (Å²) in [5, 5.41) is 9.31. The van der Waals surface area contributed by atoms with E-state index in [1.165, 1.54) is 21.6 Å². The fraction of sp³-hybridized carbons (Fsp3) is 0.591. The minimum Gasteiger partial charge on any atom is -0.454 e. The first-order valence-corrected chi connectivity index (χ1v) is 12.9. The number of piperazine rings is 1. The van der Waals surface area contributed by atoms with Crippen LogP contribution < -0.4 is 9.47 Å². The molecule has 2 bridgehead atoms. The molecule has 2 unspecified atom stereocenters. The number of nitrogens with zero attached hydrogens (tertiary/aromatic N) is 3. The lowest BCUT2D eigenvalue weighted by atomic mass is 9.92. The number of fused-ring (bicyclic) bond motifs is 4. The van der Waals surface area contributed by atoms with Crippen LogP contribution in [-0.4, -0.2) is 44.7 Å². The fourth-order valence-electron chi connectivity index (χ4n) is 4.52. The van der Waals surface area contributed by atoms with Gasteiger partial charge in [0.05, 0.1) is 12.1 Å². The highest BCUT2D eigenvalue weighted by Gasteiger charge is 2.68. The summed E-state index contributed by atoms with van der Waals surface area (Å²) < 4.78 is 11.0. The predicted molar refractivity (Wildman–Crippen MR) is 120 cm³/mol. The molecule has 9 heteroatoms. The van der Waals surface area contributed by atoms with E-state index in [-0.39, 0.29) is 31.1 Å². The van der Waals surface area contributed by atoms with Gasteiger partial charge in [0.15, 0.2) is 21.2 Å². The number of hydrogen-bond acceptors (Lipinski definition) is 7. The van der Waals surface area contributed by atoms with Crippen LogP contribution in [0.3, 0.4) is 0 Å². The SMILES string of the molecule is CCCCN1C(=O)C2(CCC#N)SSC1(C)C(=O)N2[C@H](CC)c1ccc2c(c1)OCO2. The Morgan fingerprint density at radius 2 is 1.97 bits per heavy atom. The van der Waals surface area contributed by atoms with Crippen LogP contribution in [0, 0.1) is 11.3 Å². The van der Waals surface area contributed by atoms with Crippen molar-refractivity contribution >= 4 is 33.4 Å². The van der Waals surface area contributed by atoms with Crippen molar-refractivity contribution in [2.45, 2.75) is 68.7 Å². The van der Waals surface area contributed by atoms with E-state index in [4.69, 9.17) is 9.47 Å². The molecule has 7 nitrogen and oxygen atoms in total. The van der Waals surface area contributed by atoms with Crippen LogP contribution in [0.5, 0.6) is 11.5 Å². The van der Waals surface area contributed by atoms with Crippen molar-refractivity contribution in [3.05, 3.63) is 23.8 Å². The topological polar surface area (TPSA) is 82.9 Å². The molecule has 0 saturated carbocycles. The van der Waals surface area contributed by atoms with Crippen molar-refractivity contribution in [2.75, 3.05) is 13.3 Å². The lowest BCUT2D eigenvalue weighted by Crippen LogP contribution is -2.76. The van der Waals surface area contributed by atoms with Crippen LogP contribution in [0.4, 0.5) is 0 Å². The summed E-state index contributed by atoms with van der Waals surface area (Å²) in [6.07, 6.45) is 2.94. The minimum absolute atomic E-state index is 0.0544. The third-order valence-corrected chi connectivity index (χ3v) is 9.94. The second-order valence-electron chi connectivity index (χ2n) is 8.11. The Kier molecular flexibility index (Phi) is 6.05. The summed E-state index contributed by atoms with van der Waals surface area (Å²) in [4.78, 5) is 29.3. The molecule has 0 spiro atoms. The van der Waals surface area contributed by atoms with Gasteiger partial charge in [0.1, 0.15) is 0 Å². The van der Waals surface area contributed by atoms with Crippen molar-refractivity contribution in [2.24, 2.45) is 0 Å². The van der Waals surface area contributed by atoms with Gasteiger partial charge in [-0.25, -0.2) is 0 Å². The van der Waals surface area contributed by atoms with Crippen molar-refractivity contribution < 1.29 is 19.1 Å². The van der Waals surface area contributed by atoms with Crippen LogP contribution in [0.2, 0.25) is 0 Å². The first-order valence-electron chi connectivity index (χ1n) is 10.7. The van der Waals surface area contributed by atoms with Crippen LogP contribution >= 0.6 is 21.6 Å². The van der Waals surface area contributed by atoms with E-state index in [1.807, 2.05) is 32.0 Å². The van der Waals surface area contributed by atoms with Crippen LogP contribution in [0.1, 0.15) is 64.5 Å². The summed E-state index contributed by atoms with van der Waals surface area (Å²) in [6, 6.07) is 7.58. The van der Waals surface area contributed by atoms with E-state index < -0.39 is 9.74 Å². The fourth-order valence-corrected chi connectivity index (χ4v) is 8.00. The number of ether oxygens (including phenoxy) is 2. The van der Waals surface area contributed by atoms with Crippen LogP contribution in [0.15, 0.2) is 18.2 Å². The average Bonchev–Trinajstić information content (AvgIpc) is 3.24. The van der Waals surface area contributed by atoms with Crippen molar-refractivity contribution in [3.8, 4) is 17.6 Å². The lowest BCUT2D eigenvalue weighted by molar-refractivity contribution is -0.170. The Morgan fingerprint density at radius 1 is 1.19 bits per heavy atom. The van der Waals surface area contributed by atoms with Gasteiger partial charge in [-0.1, -0.05) is 47.9 Å². The molecule has 4 aliphatic rings. The predicted octanol–water partition coefficient (Wildman–Crippen LogP) is 4.45. The number of rotatable bonds is 8. The Morgan fingerprint density at radius 3 is 2.68 bits per heavy atom. The monoisotopic (exact) mass is 461 g/mol. The third-order valence-electron chi connectivity index (χ3n) is 6.23. The summed E-state index contributed by atoms with van der Waals surface area (Å²) >= 11 is 0. The number of hydrogen-bond donors (Lipinski definition) is 0. The quantitative estimate of drug-likeness (QED) is 0.529. The molecule has 0 aliphatic carbocycles. The number of amides is 2. The third kappa shape index (κ3) is 3.35. The van der Waals surface area contributed by atoms with Gasteiger partial charge in [0, 0.05) is 19.4 Å². The number of unbranched alkanes of at least 4 members (excludes halogenated alkanes) is 1. The molecule has 1 aromatic carbocycles. The molecule has 2 amide bonds.